The monoisotopic (exact) mass is 380 g/mol. The number of nitrogens with zero attached hydrogens (tertiary/aromatic N) is 2. The molecule has 0 bridgehead atoms. The zero-order valence-electron chi connectivity index (χ0n) is 13.9. The summed E-state index contributed by atoms with van der Waals surface area (Å²) in [5.74, 6) is 0. The summed E-state index contributed by atoms with van der Waals surface area (Å²) >= 11 is 3.74. The van der Waals surface area contributed by atoms with E-state index in [0.717, 1.165) is 26.2 Å². The molecule has 122 valence electrons. The maximum Gasteiger partial charge on any atom is 0.0607 e. The van der Waals surface area contributed by atoms with Gasteiger partial charge in [0.15, 0.2) is 0 Å². The number of hydrogen-bond acceptors (Lipinski definition) is 2. The summed E-state index contributed by atoms with van der Waals surface area (Å²) in [6, 6.07) is 21.9. The lowest BCUT2D eigenvalue weighted by Gasteiger charge is -2.38. The van der Waals surface area contributed by atoms with Crippen LogP contribution in [0.2, 0.25) is 0 Å². The first-order valence-corrected chi connectivity index (χ1v) is 9.31. The van der Waals surface area contributed by atoms with Crippen molar-refractivity contribution in [1.29, 1.82) is 0 Å². The molecule has 0 spiro atoms. The van der Waals surface area contributed by atoms with E-state index in [0.29, 0.717) is 0 Å². The van der Waals surface area contributed by atoms with E-state index in [4.69, 9.17) is 0 Å². The molecule has 0 aromatic heterocycles. The van der Waals surface area contributed by atoms with Gasteiger partial charge >= 0.3 is 0 Å². The van der Waals surface area contributed by atoms with E-state index in [2.05, 4.69) is 93.3 Å². The number of para-hydroxylation sites is 2. The van der Waals surface area contributed by atoms with E-state index in [-0.39, 0.29) is 0 Å². The van der Waals surface area contributed by atoms with Crippen LogP contribution in [0.25, 0.3) is 10.8 Å². The van der Waals surface area contributed by atoms with Gasteiger partial charge in [-0.2, -0.15) is 0 Å². The molecule has 0 fully saturated rings. The van der Waals surface area contributed by atoms with Crippen LogP contribution in [0.4, 0.5) is 11.4 Å². The predicted octanol–water partition coefficient (Wildman–Crippen LogP) is 5.45. The molecule has 0 radical (unpaired) electrons. The third-order valence-electron chi connectivity index (χ3n) is 4.83. The third kappa shape index (κ3) is 2.78. The van der Waals surface area contributed by atoms with Crippen molar-refractivity contribution >= 4 is 38.1 Å². The fourth-order valence-electron chi connectivity index (χ4n) is 3.61. The Labute approximate surface area is 151 Å². The minimum Gasteiger partial charge on any atom is -0.368 e. The minimum absolute atomic E-state index is 0.942. The number of benzene rings is 3. The second-order valence-corrected chi connectivity index (χ2v) is 7.14. The molecule has 24 heavy (non-hydrogen) atoms. The highest BCUT2D eigenvalue weighted by atomic mass is 79.9. The van der Waals surface area contributed by atoms with Gasteiger partial charge in [-0.05, 0) is 47.5 Å². The Kier molecular flexibility index (Phi) is 4.19. The molecule has 0 N–H and O–H groups in total. The van der Waals surface area contributed by atoms with Crippen LogP contribution < -0.4 is 9.80 Å². The van der Waals surface area contributed by atoms with Crippen molar-refractivity contribution in [3.8, 4) is 0 Å². The van der Waals surface area contributed by atoms with Gasteiger partial charge in [-0.3, -0.25) is 0 Å². The summed E-state index contributed by atoms with van der Waals surface area (Å²) in [7, 11) is 0. The maximum absolute atomic E-state index is 3.74. The first kappa shape index (κ1) is 15.5. The smallest absolute Gasteiger partial charge is 0.0607 e. The second-order valence-electron chi connectivity index (χ2n) is 6.29. The molecule has 3 aromatic rings. The van der Waals surface area contributed by atoms with Crippen LogP contribution in [0.3, 0.4) is 0 Å². The van der Waals surface area contributed by atoms with Crippen molar-refractivity contribution in [2.45, 2.75) is 13.5 Å². The van der Waals surface area contributed by atoms with Gasteiger partial charge in [-0.15, -0.1) is 0 Å². The fraction of sp³-hybridized carbons (Fsp3) is 0.238. The molecule has 1 aliphatic rings. The highest BCUT2D eigenvalue weighted by Gasteiger charge is 2.21. The molecule has 0 unspecified atom stereocenters. The summed E-state index contributed by atoms with van der Waals surface area (Å²) in [5.41, 5.74) is 4.04. The van der Waals surface area contributed by atoms with Gasteiger partial charge < -0.3 is 9.80 Å². The number of hydrogen-bond donors (Lipinski definition) is 0. The summed E-state index contributed by atoms with van der Waals surface area (Å²) in [6.45, 7) is 6.38. The van der Waals surface area contributed by atoms with Gasteiger partial charge in [0.05, 0.1) is 11.4 Å². The minimum atomic E-state index is 0.942. The number of likely N-dealkylation sites (N-methyl/N-ethyl adjacent to an activating group) is 1. The lowest BCUT2D eigenvalue weighted by molar-refractivity contribution is 0.708. The van der Waals surface area contributed by atoms with E-state index in [1.54, 1.807) is 0 Å². The Bertz CT molecular complexity index is 875. The van der Waals surface area contributed by atoms with Crippen molar-refractivity contribution < 1.29 is 0 Å². The van der Waals surface area contributed by atoms with E-state index in [9.17, 15) is 0 Å². The molecule has 0 saturated heterocycles. The molecule has 0 amide bonds. The Balaban J connectivity index is 1.69. The van der Waals surface area contributed by atoms with Crippen molar-refractivity contribution in [2.75, 3.05) is 29.4 Å². The molecule has 2 nitrogen and oxygen atoms in total. The van der Waals surface area contributed by atoms with Crippen molar-refractivity contribution in [3.05, 3.63) is 70.7 Å². The Morgan fingerprint density at radius 3 is 2.33 bits per heavy atom. The van der Waals surface area contributed by atoms with Gasteiger partial charge in [0.25, 0.3) is 0 Å². The lowest BCUT2D eigenvalue weighted by Crippen LogP contribution is -2.40. The van der Waals surface area contributed by atoms with E-state index >= 15 is 0 Å². The van der Waals surface area contributed by atoms with E-state index < -0.39 is 0 Å². The van der Waals surface area contributed by atoms with Crippen LogP contribution in [0.1, 0.15) is 12.5 Å². The topological polar surface area (TPSA) is 6.48 Å². The van der Waals surface area contributed by atoms with Gasteiger partial charge in [0.1, 0.15) is 0 Å². The molecule has 4 rings (SSSR count). The van der Waals surface area contributed by atoms with Crippen molar-refractivity contribution in [1.82, 2.24) is 0 Å². The first-order chi connectivity index (χ1) is 11.8. The quantitative estimate of drug-likeness (QED) is 0.595. The van der Waals surface area contributed by atoms with Crippen LogP contribution in [0.15, 0.2) is 65.1 Å². The van der Waals surface area contributed by atoms with Crippen LogP contribution in [-0.4, -0.2) is 19.6 Å². The standard InChI is InChI=1S/C21H21BrN2/c1-2-23-11-12-24(21-10-6-5-9-20(21)23)15-16-13-17-7-3-4-8-18(17)19(22)14-16/h3-10,13-14H,2,11-12,15H2,1H3. The van der Waals surface area contributed by atoms with Crippen LogP contribution >= 0.6 is 15.9 Å². The van der Waals surface area contributed by atoms with Crippen molar-refractivity contribution in [2.24, 2.45) is 0 Å². The highest BCUT2D eigenvalue weighted by molar-refractivity contribution is 9.10. The first-order valence-electron chi connectivity index (χ1n) is 8.52. The lowest BCUT2D eigenvalue weighted by atomic mass is 10.1. The van der Waals surface area contributed by atoms with Gasteiger partial charge in [0.2, 0.25) is 0 Å². The van der Waals surface area contributed by atoms with E-state index in [1.165, 1.54) is 32.2 Å². The third-order valence-corrected chi connectivity index (χ3v) is 5.49. The molecular weight excluding hydrogens is 360 g/mol. The average Bonchev–Trinajstić information content (AvgIpc) is 2.62. The summed E-state index contributed by atoms with van der Waals surface area (Å²) < 4.78 is 1.18. The molecule has 3 aromatic carbocycles. The summed E-state index contributed by atoms with van der Waals surface area (Å²) in [5, 5.41) is 2.57. The Morgan fingerprint density at radius 2 is 1.54 bits per heavy atom. The number of fused-ring (bicyclic) bond motifs is 2. The molecular formula is C21H21BrN2. The molecule has 0 atom stereocenters. The molecule has 3 heteroatoms. The van der Waals surface area contributed by atoms with Crippen LogP contribution in [-0.2, 0) is 6.54 Å². The largest absolute Gasteiger partial charge is 0.368 e. The van der Waals surface area contributed by atoms with Gasteiger partial charge in [-0.1, -0.05) is 52.3 Å². The SMILES string of the molecule is CCN1CCN(Cc2cc(Br)c3ccccc3c2)c2ccccc21. The summed E-state index contributed by atoms with van der Waals surface area (Å²) in [6.07, 6.45) is 0. The highest BCUT2D eigenvalue weighted by Crippen LogP contribution is 2.34. The number of rotatable bonds is 3. The summed E-state index contributed by atoms with van der Waals surface area (Å²) in [4.78, 5) is 4.96. The van der Waals surface area contributed by atoms with E-state index in [1.807, 2.05) is 0 Å². The van der Waals surface area contributed by atoms with Crippen molar-refractivity contribution in [3.63, 3.8) is 0 Å². The average molecular weight is 381 g/mol. The number of anilines is 2. The Hall–Kier alpha value is -2.00. The maximum atomic E-state index is 3.74. The van der Waals surface area contributed by atoms with Crippen LogP contribution in [0, 0.1) is 0 Å². The second kappa shape index (κ2) is 6.48. The normalized spacial score (nSPS) is 14.1. The molecule has 0 saturated carbocycles. The van der Waals surface area contributed by atoms with Crippen LogP contribution in [0.5, 0.6) is 0 Å². The zero-order valence-corrected chi connectivity index (χ0v) is 15.5. The predicted molar refractivity (Wildman–Crippen MR) is 107 cm³/mol. The van der Waals surface area contributed by atoms with Gasteiger partial charge in [-0.25, -0.2) is 0 Å². The zero-order chi connectivity index (χ0) is 16.5. The molecule has 1 heterocycles. The number of halogens is 1. The van der Waals surface area contributed by atoms with Gasteiger partial charge in [0, 0.05) is 30.7 Å². The molecule has 1 aliphatic heterocycles. The fourth-order valence-corrected chi connectivity index (χ4v) is 4.26. The Morgan fingerprint density at radius 1 is 0.875 bits per heavy atom. The molecule has 0 aliphatic carbocycles.